The molecule has 1 fully saturated rings. The average Bonchev–Trinajstić information content (AvgIpc) is 2.46. The van der Waals surface area contributed by atoms with Gasteiger partial charge in [0.1, 0.15) is 18.0 Å². The number of hydrogen-bond acceptors (Lipinski definition) is 7. The summed E-state index contributed by atoms with van der Waals surface area (Å²) in [6, 6.07) is 0. The van der Waals surface area contributed by atoms with Crippen molar-refractivity contribution >= 4 is 17.7 Å². The first kappa shape index (κ1) is 15.9. The van der Waals surface area contributed by atoms with Crippen LogP contribution in [0.1, 0.15) is 20.8 Å². The van der Waals surface area contributed by atoms with Crippen LogP contribution in [-0.2, 0) is 4.74 Å². The maximum Gasteiger partial charge on any atom is 0.410 e. The molecule has 0 aromatic carbocycles. The quantitative estimate of drug-likeness (QED) is 0.601. The topological polar surface area (TPSA) is 102 Å². The monoisotopic (exact) mass is 309 g/mol. The Morgan fingerprint density at radius 2 is 1.77 bits per heavy atom. The van der Waals surface area contributed by atoms with Gasteiger partial charge in [0.15, 0.2) is 0 Å². The van der Waals surface area contributed by atoms with Gasteiger partial charge in [0.25, 0.3) is 0 Å². The molecule has 1 aliphatic heterocycles. The van der Waals surface area contributed by atoms with Gasteiger partial charge in [0.05, 0.1) is 4.92 Å². The first-order valence-corrected chi connectivity index (χ1v) is 6.95. The Morgan fingerprint density at radius 1 is 1.23 bits per heavy atom. The van der Waals surface area contributed by atoms with Gasteiger partial charge in [0, 0.05) is 26.2 Å². The highest BCUT2D eigenvalue weighted by Crippen LogP contribution is 2.16. The van der Waals surface area contributed by atoms with Crippen LogP contribution in [0.2, 0.25) is 0 Å². The lowest BCUT2D eigenvalue weighted by atomic mass is 10.2. The predicted octanol–water partition coefficient (Wildman–Crippen LogP) is 1.44. The van der Waals surface area contributed by atoms with E-state index in [1.54, 1.807) is 4.90 Å². The fourth-order valence-electron chi connectivity index (χ4n) is 1.99. The lowest BCUT2D eigenvalue weighted by Gasteiger charge is -2.35. The Balaban J connectivity index is 1.91. The minimum Gasteiger partial charge on any atom is -0.444 e. The molecular weight excluding hydrogens is 290 g/mol. The van der Waals surface area contributed by atoms with Gasteiger partial charge in [-0.2, -0.15) is 0 Å². The van der Waals surface area contributed by atoms with E-state index in [1.165, 1.54) is 12.4 Å². The molecule has 1 saturated heterocycles. The molecule has 9 heteroatoms. The molecule has 1 aliphatic rings. The molecule has 0 saturated carbocycles. The number of anilines is 1. The fraction of sp³-hybridized carbons (Fsp3) is 0.615. The second-order valence-electron chi connectivity index (χ2n) is 5.95. The summed E-state index contributed by atoms with van der Waals surface area (Å²) in [5, 5.41) is 10.6. The van der Waals surface area contributed by atoms with E-state index in [9.17, 15) is 14.9 Å². The number of ether oxygens (including phenoxy) is 1. The number of piperazine rings is 1. The molecule has 0 spiro atoms. The molecule has 1 amide bonds. The Bertz CT molecular complexity index is 547. The van der Waals surface area contributed by atoms with E-state index in [4.69, 9.17) is 4.74 Å². The van der Waals surface area contributed by atoms with Crippen LogP contribution in [0.15, 0.2) is 12.4 Å². The van der Waals surface area contributed by atoms with Crippen LogP contribution in [0.5, 0.6) is 0 Å². The molecule has 0 aliphatic carbocycles. The molecule has 22 heavy (non-hydrogen) atoms. The third-order valence-corrected chi connectivity index (χ3v) is 3.05. The fourth-order valence-corrected chi connectivity index (χ4v) is 1.99. The van der Waals surface area contributed by atoms with E-state index in [2.05, 4.69) is 9.97 Å². The van der Waals surface area contributed by atoms with Crippen molar-refractivity contribution in [2.75, 3.05) is 31.1 Å². The van der Waals surface area contributed by atoms with Crippen molar-refractivity contribution in [3.63, 3.8) is 0 Å². The lowest BCUT2D eigenvalue weighted by Crippen LogP contribution is -2.50. The number of aromatic nitrogens is 2. The number of nitro groups is 1. The zero-order valence-electron chi connectivity index (χ0n) is 12.9. The van der Waals surface area contributed by atoms with Gasteiger partial charge < -0.3 is 14.5 Å². The number of carbonyl (C=O) groups excluding carboxylic acids is 1. The van der Waals surface area contributed by atoms with Gasteiger partial charge in [-0.05, 0) is 20.8 Å². The standard InChI is InChI=1S/C13H19N5O4/c1-13(2,3)22-12(19)17-6-4-16(5-7-17)11-14-8-10(9-15-11)18(20)21/h8-9H,4-7H2,1-3H3. The van der Waals surface area contributed by atoms with Gasteiger partial charge in [-0.15, -0.1) is 0 Å². The molecule has 0 atom stereocenters. The van der Waals surface area contributed by atoms with Crippen LogP contribution in [0.3, 0.4) is 0 Å². The van der Waals surface area contributed by atoms with Crippen LogP contribution >= 0.6 is 0 Å². The highest BCUT2D eigenvalue weighted by molar-refractivity contribution is 5.68. The Hall–Kier alpha value is -2.45. The van der Waals surface area contributed by atoms with Crippen LogP contribution in [0.4, 0.5) is 16.4 Å². The van der Waals surface area contributed by atoms with E-state index < -0.39 is 10.5 Å². The maximum absolute atomic E-state index is 12.0. The molecule has 0 N–H and O–H groups in total. The number of hydrogen-bond donors (Lipinski definition) is 0. The second kappa shape index (κ2) is 6.12. The van der Waals surface area contributed by atoms with Crippen LogP contribution in [-0.4, -0.2) is 57.7 Å². The van der Waals surface area contributed by atoms with E-state index >= 15 is 0 Å². The average molecular weight is 309 g/mol. The lowest BCUT2D eigenvalue weighted by molar-refractivity contribution is -0.385. The van der Waals surface area contributed by atoms with E-state index in [1.807, 2.05) is 25.7 Å². The molecular formula is C13H19N5O4. The highest BCUT2D eigenvalue weighted by atomic mass is 16.6. The number of carbonyl (C=O) groups is 1. The van der Waals surface area contributed by atoms with Gasteiger partial charge in [-0.1, -0.05) is 0 Å². The normalized spacial score (nSPS) is 15.6. The first-order valence-electron chi connectivity index (χ1n) is 6.95. The molecule has 9 nitrogen and oxygen atoms in total. The molecule has 0 unspecified atom stereocenters. The third-order valence-electron chi connectivity index (χ3n) is 3.05. The SMILES string of the molecule is CC(C)(C)OC(=O)N1CCN(c2ncc([N+](=O)[O-])cn2)CC1. The second-order valence-corrected chi connectivity index (χ2v) is 5.95. The van der Waals surface area contributed by atoms with Gasteiger partial charge in [-0.25, -0.2) is 14.8 Å². The van der Waals surface area contributed by atoms with Crippen molar-refractivity contribution in [3.05, 3.63) is 22.5 Å². The smallest absolute Gasteiger partial charge is 0.410 e. The summed E-state index contributed by atoms with van der Waals surface area (Å²) < 4.78 is 5.32. The summed E-state index contributed by atoms with van der Waals surface area (Å²) in [5.74, 6) is 0.425. The van der Waals surface area contributed by atoms with E-state index in [-0.39, 0.29) is 11.8 Å². The van der Waals surface area contributed by atoms with E-state index in [0.29, 0.717) is 32.1 Å². The summed E-state index contributed by atoms with van der Waals surface area (Å²) in [6.45, 7) is 7.57. The zero-order chi connectivity index (χ0) is 16.3. The summed E-state index contributed by atoms with van der Waals surface area (Å²) >= 11 is 0. The van der Waals surface area contributed by atoms with Gasteiger partial charge in [-0.3, -0.25) is 10.1 Å². The molecule has 2 heterocycles. The largest absolute Gasteiger partial charge is 0.444 e. The maximum atomic E-state index is 12.0. The number of nitrogens with zero attached hydrogens (tertiary/aromatic N) is 5. The van der Waals surface area contributed by atoms with Crippen molar-refractivity contribution in [1.29, 1.82) is 0 Å². The van der Waals surface area contributed by atoms with Crippen LogP contribution < -0.4 is 4.90 Å². The zero-order valence-corrected chi connectivity index (χ0v) is 12.9. The van der Waals surface area contributed by atoms with Crippen LogP contribution in [0, 0.1) is 10.1 Å². The predicted molar refractivity (Wildman–Crippen MR) is 78.7 cm³/mol. The van der Waals surface area contributed by atoms with E-state index in [0.717, 1.165) is 0 Å². The Labute approximate surface area is 128 Å². The molecule has 120 valence electrons. The Morgan fingerprint density at radius 3 is 2.23 bits per heavy atom. The van der Waals surface area contributed by atoms with Crippen molar-refractivity contribution in [2.45, 2.75) is 26.4 Å². The highest BCUT2D eigenvalue weighted by Gasteiger charge is 2.26. The first-order chi connectivity index (χ1) is 10.3. The molecule has 2 rings (SSSR count). The summed E-state index contributed by atoms with van der Waals surface area (Å²) in [5.41, 5.74) is -0.661. The third kappa shape index (κ3) is 4.03. The summed E-state index contributed by atoms with van der Waals surface area (Å²) in [7, 11) is 0. The van der Waals surface area contributed by atoms with Crippen LogP contribution in [0.25, 0.3) is 0 Å². The number of rotatable bonds is 2. The van der Waals surface area contributed by atoms with Crippen molar-refractivity contribution in [3.8, 4) is 0 Å². The molecule has 0 bridgehead atoms. The van der Waals surface area contributed by atoms with Crippen molar-refractivity contribution in [1.82, 2.24) is 14.9 Å². The Kier molecular flexibility index (Phi) is 4.43. The van der Waals surface area contributed by atoms with Crippen molar-refractivity contribution < 1.29 is 14.5 Å². The van der Waals surface area contributed by atoms with Gasteiger partial charge in [0.2, 0.25) is 5.95 Å². The molecule has 0 radical (unpaired) electrons. The summed E-state index contributed by atoms with van der Waals surface area (Å²) in [4.78, 5) is 33.5. The summed E-state index contributed by atoms with van der Waals surface area (Å²) in [6.07, 6.45) is 2.03. The van der Waals surface area contributed by atoms with Crippen molar-refractivity contribution in [2.24, 2.45) is 0 Å². The molecule has 1 aromatic heterocycles. The number of amides is 1. The minimum atomic E-state index is -0.537. The van der Waals surface area contributed by atoms with Gasteiger partial charge >= 0.3 is 11.8 Å². The minimum absolute atomic E-state index is 0.142. The molecule has 1 aromatic rings.